The van der Waals surface area contributed by atoms with Crippen molar-refractivity contribution in [3.05, 3.63) is 71.3 Å². The van der Waals surface area contributed by atoms with Crippen LogP contribution >= 0.6 is 0 Å². The molecule has 0 bridgehead atoms. The van der Waals surface area contributed by atoms with Crippen LogP contribution in [0, 0.1) is 0 Å². The van der Waals surface area contributed by atoms with E-state index in [0.717, 1.165) is 11.3 Å². The maximum Gasteiger partial charge on any atom is 0.337 e. The summed E-state index contributed by atoms with van der Waals surface area (Å²) in [5, 5.41) is 5.43. The van der Waals surface area contributed by atoms with E-state index in [1.165, 1.54) is 13.2 Å². The van der Waals surface area contributed by atoms with E-state index < -0.39 is 11.9 Å². The first kappa shape index (κ1) is 21.7. The molecular formula is C22H24N2O5. The maximum absolute atomic E-state index is 12.2. The lowest BCUT2D eigenvalue weighted by Crippen LogP contribution is -2.25. The Bertz CT molecular complexity index is 886. The lowest BCUT2D eigenvalue weighted by atomic mass is 10.1. The normalized spacial score (nSPS) is 10.8. The van der Waals surface area contributed by atoms with Crippen LogP contribution in [0.15, 0.2) is 60.2 Å². The molecule has 0 atom stereocenters. The molecule has 0 aromatic heterocycles. The van der Waals surface area contributed by atoms with Crippen molar-refractivity contribution in [1.29, 1.82) is 0 Å². The number of benzene rings is 2. The molecule has 2 rings (SSSR count). The molecule has 0 aliphatic heterocycles. The van der Waals surface area contributed by atoms with Crippen molar-refractivity contribution in [1.82, 2.24) is 5.32 Å². The Hall–Kier alpha value is -3.61. The number of amides is 2. The first-order valence-electron chi connectivity index (χ1n) is 9.01. The van der Waals surface area contributed by atoms with E-state index in [4.69, 9.17) is 4.74 Å². The molecule has 29 heavy (non-hydrogen) atoms. The monoisotopic (exact) mass is 396 g/mol. The molecule has 0 spiro atoms. The summed E-state index contributed by atoms with van der Waals surface area (Å²) >= 11 is 0. The summed E-state index contributed by atoms with van der Waals surface area (Å²) in [7, 11) is 2.91. The molecule has 2 aromatic rings. The maximum atomic E-state index is 12.2. The zero-order chi connectivity index (χ0) is 21.2. The van der Waals surface area contributed by atoms with Gasteiger partial charge in [-0.2, -0.15) is 0 Å². The van der Waals surface area contributed by atoms with Crippen LogP contribution in [0.2, 0.25) is 0 Å². The Kier molecular flexibility index (Phi) is 7.97. The van der Waals surface area contributed by atoms with Gasteiger partial charge in [-0.25, -0.2) is 4.79 Å². The summed E-state index contributed by atoms with van der Waals surface area (Å²) in [6.45, 7) is 2.01. The number of hydrogen-bond donors (Lipinski definition) is 2. The topological polar surface area (TPSA) is 93.7 Å². The second-order valence-electron chi connectivity index (χ2n) is 6.24. The molecule has 0 aliphatic carbocycles. The van der Waals surface area contributed by atoms with Crippen molar-refractivity contribution in [2.45, 2.75) is 13.3 Å². The summed E-state index contributed by atoms with van der Waals surface area (Å²) in [4.78, 5) is 35.6. The minimum absolute atomic E-state index is 0.268. The second-order valence-corrected chi connectivity index (χ2v) is 6.24. The molecule has 0 saturated heterocycles. The van der Waals surface area contributed by atoms with E-state index in [1.807, 2.05) is 24.3 Å². The van der Waals surface area contributed by atoms with Crippen molar-refractivity contribution in [2.24, 2.45) is 0 Å². The van der Waals surface area contributed by atoms with Crippen LogP contribution < -0.4 is 15.4 Å². The highest BCUT2D eigenvalue weighted by molar-refractivity contribution is 6.07. The molecule has 0 radical (unpaired) electrons. The van der Waals surface area contributed by atoms with E-state index in [1.54, 1.807) is 38.3 Å². The smallest absolute Gasteiger partial charge is 0.337 e. The van der Waals surface area contributed by atoms with Gasteiger partial charge < -0.3 is 20.1 Å². The Morgan fingerprint density at radius 3 is 2.21 bits per heavy atom. The first-order valence-corrected chi connectivity index (χ1v) is 9.01. The van der Waals surface area contributed by atoms with Crippen molar-refractivity contribution >= 4 is 23.5 Å². The van der Waals surface area contributed by atoms with Gasteiger partial charge in [0.25, 0.3) is 5.91 Å². The highest BCUT2D eigenvalue weighted by Crippen LogP contribution is 2.12. The third-order valence-corrected chi connectivity index (χ3v) is 4.14. The number of esters is 1. The third kappa shape index (κ3) is 6.80. The molecule has 2 aromatic carbocycles. The van der Waals surface area contributed by atoms with Crippen LogP contribution in [0.25, 0.3) is 0 Å². The van der Waals surface area contributed by atoms with Crippen molar-refractivity contribution in [2.75, 3.05) is 26.1 Å². The van der Waals surface area contributed by atoms with E-state index in [-0.39, 0.29) is 11.5 Å². The lowest BCUT2D eigenvalue weighted by molar-refractivity contribution is -0.117. The standard InChI is InChI=1S/C22H24N2O5/c1-15(21(26)24-18-8-6-17(7-9-18)22(27)29-3)14-20(25)23-13-12-16-4-10-19(28-2)11-5-16/h4-11,14H,12-13H2,1-3H3,(H,23,25)(H,24,26)/b15-14+. The summed E-state index contributed by atoms with van der Waals surface area (Å²) < 4.78 is 9.73. The van der Waals surface area contributed by atoms with Gasteiger partial charge >= 0.3 is 5.97 Å². The van der Waals surface area contributed by atoms with E-state index in [9.17, 15) is 14.4 Å². The van der Waals surface area contributed by atoms with Crippen molar-refractivity contribution < 1.29 is 23.9 Å². The van der Waals surface area contributed by atoms with Gasteiger partial charge in [-0.15, -0.1) is 0 Å². The average Bonchev–Trinajstić information content (AvgIpc) is 2.74. The van der Waals surface area contributed by atoms with Crippen LogP contribution in [-0.4, -0.2) is 38.5 Å². The average molecular weight is 396 g/mol. The van der Waals surface area contributed by atoms with Gasteiger partial charge in [0.2, 0.25) is 5.91 Å². The first-order chi connectivity index (χ1) is 13.9. The van der Waals surface area contributed by atoms with Gasteiger partial charge in [0, 0.05) is 23.9 Å². The second kappa shape index (κ2) is 10.7. The Morgan fingerprint density at radius 1 is 0.966 bits per heavy atom. The fourth-order valence-electron chi connectivity index (χ4n) is 2.47. The van der Waals surface area contributed by atoms with Gasteiger partial charge in [-0.05, 0) is 55.3 Å². The minimum Gasteiger partial charge on any atom is -0.497 e. The Balaban J connectivity index is 1.82. The number of carbonyl (C=O) groups excluding carboxylic acids is 3. The van der Waals surface area contributed by atoms with Gasteiger partial charge in [-0.1, -0.05) is 12.1 Å². The third-order valence-electron chi connectivity index (χ3n) is 4.14. The summed E-state index contributed by atoms with van der Waals surface area (Å²) in [5.41, 5.74) is 2.23. The highest BCUT2D eigenvalue weighted by atomic mass is 16.5. The van der Waals surface area contributed by atoms with Gasteiger partial charge in [0.1, 0.15) is 5.75 Å². The quantitative estimate of drug-likeness (QED) is 0.529. The summed E-state index contributed by atoms with van der Waals surface area (Å²) in [5.74, 6) is -0.416. The summed E-state index contributed by atoms with van der Waals surface area (Å²) in [6.07, 6.45) is 1.92. The number of methoxy groups -OCH3 is 2. The van der Waals surface area contributed by atoms with Crippen molar-refractivity contribution in [3.63, 3.8) is 0 Å². The molecule has 7 nitrogen and oxygen atoms in total. The number of anilines is 1. The van der Waals surface area contributed by atoms with Crippen LogP contribution in [0.3, 0.4) is 0 Å². The number of rotatable bonds is 8. The molecule has 7 heteroatoms. The zero-order valence-corrected chi connectivity index (χ0v) is 16.7. The minimum atomic E-state index is -0.453. The molecular weight excluding hydrogens is 372 g/mol. The number of ether oxygens (including phenoxy) is 2. The van der Waals surface area contributed by atoms with E-state index in [2.05, 4.69) is 15.4 Å². The molecule has 0 unspecified atom stereocenters. The molecule has 2 N–H and O–H groups in total. The number of carbonyl (C=O) groups is 3. The van der Waals surface area contributed by atoms with Crippen LogP contribution in [0.1, 0.15) is 22.8 Å². The number of nitrogens with one attached hydrogen (secondary N) is 2. The molecule has 2 amide bonds. The van der Waals surface area contributed by atoms with Gasteiger partial charge in [0.05, 0.1) is 19.8 Å². The zero-order valence-electron chi connectivity index (χ0n) is 16.7. The molecule has 0 heterocycles. The predicted octanol–water partition coefficient (Wildman–Crippen LogP) is 2.73. The SMILES string of the molecule is COC(=O)c1ccc(NC(=O)/C(C)=C/C(=O)NCCc2ccc(OC)cc2)cc1. The Labute approximate surface area is 169 Å². The van der Waals surface area contributed by atoms with Crippen molar-refractivity contribution in [3.8, 4) is 5.75 Å². The molecule has 0 fully saturated rings. The fraction of sp³-hybridized carbons (Fsp3) is 0.227. The molecule has 0 aliphatic rings. The van der Waals surface area contributed by atoms with Gasteiger partial charge in [0.15, 0.2) is 0 Å². The Morgan fingerprint density at radius 2 is 1.62 bits per heavy atom. The summed E-state index contributed by atoms with van der Waals surface area (Å²) in [6, 6.07) is 13.9. The lowest BCUT2D eigenvalue weighted by Gasteiger charge is -2.07. The molecule has 152 valence electrons. The highest BCUT2D eigenvalue weighted by Gasteiger charge is 2.09. The number of hydrogen-bond acceptors (Lipinski definition) is 5. The van der Waals surface area contributed by atoms with Crippen LogP contribution in [0.5, 0.6) is 5.75 Å². The molecule has 0 saturated carbocycles. The fourth-order valence-corrected chi connectivity index (χ4v) is 2.47. The van der Waals surface area contributed by atoms with Crippen LogP contribution in [-0.2, 0) is 20.7 Å². The van der Waals surface area contributed by atoms with Crippen LogP contribution in [0.4, 0.5) is 5.69 Å². The predicted molar refractivity (Wildman–Crippen MR) is 110 cm³/mol. The van der Waals surface area contributed by atoms with E-state index in [0.29, 0.717) is 24.2 Å². The van der Waals surface area contributed by atoms with E-state index >= 15 is 0 Å². The van der Waals surface area contributed by atoms with Gasteiger partial charge in [-0.3, -0.25) is 9.59 Å². The largest absolute Gasteiger partial charge is 0.497 e.